The number of ether oxygens (including phenoxy) is 1. The van der Waals surface area contributed by atoms with Crippen molar-refractivity contribution in [3.8, 4) is 0 Å². The molecule has 0 bridgehead atoms. The van der Waals surface area contributed by atoms with E-state index in [1.165, 1.54) is 24.8 Å². The minimum Gasteiger partial charge on any atom is -0.374 e. The van der Waals surface area contributed by atoms with Crippen LogP contribution in [0.3, 0.4) is 0 Å². The van der Waals surface area contributed by atoms with Gasteiger partial charge in [0.2, 0.25) is 0 Å². The third-order valence-electron chi connectivity index (χ3n) is 5.88. The van der Waals surface area contributed by atoms with E-state index < -0.39 is 0 Å². The van der Waals surface area contributed by atoms with Gasteiger partial charge in [-0.15, -0.1) is 0 Å². The lowest BCUT2D eigenvalue weighted by Gasteiger charge is -2.52. The Kier molecular flexibility index (Phi) is 5.73. The molecular weight excluding hydrogens is 284 g/mol. The van der Waals surface area contributed by atoms with Crippen molar-refractivity contribution < 1.29 is 4.74 Å². The predicted molar refractivity (Wildman–Crippen MR) is 95.6 cm³/mol. The largest absolute Gasteiger partial charge is 0.374 e. The van der Waals surface area contributed by atoms with Gasteiger partial charge in [0.05, 0.1) is 5.60 Å². The highest BCUT2D eigenvalue weighted by atomic mass is 16.5. The van der Waals surface area contributed by atoms with Gasteiger partial charge in [0.15, 0.2) is 0 Å². The molecule has 4 atom stereocenters. The smallest absolute Gasteiger partial charge is 0.0805 e. The quantitative estimate of drug-likeness (QED) is 0.875. The van der Waals surface area contributed by atoms with Crippen LogP contribution < -0.4 is 11.1 Å². The maximum absolute atomic E-state index is 6.62. The summed E-state index contributed by atoms with van der Waals surface area (Å²) in [7, 11) is 0. The molecule has 0 saturated carbocycles. The van der Waals surface area contributed by atoms with E-state index in [2.05, 4.69) is 42.6 Å². The first-order valence-corrected chi connectivity index (χ1v) is 9.43. The summed E-state index contributed by atoms with van der Waals surface area (Å²) < 4.78 is 6.62. The molecule has 0 aliphatic carbocycles. The first kappa shape index (κ1) is 16.9. The summed E-state index contributed by atoms with van der Waals surface area (Å²) >= 11 is 0. The maximum atomic E-state index is 6.62. The lowest BCUT2D eigenvalue weighted by molar-refractivity contribution is -0.145. The van der Waals surface area contributed by atoms with E-state index >= 15 is 0 Å². The first-order valence-electron chi connectivity index (χ1n) is 9.43. The zero-order valence-corrected chi connectivity index (χ0v) is 14.5. The van der Waals surface area contributed by atoms with Crippen molar-refractivity contribution in [3.05, 3.63) is 35.9 Å². The molecule has 0 amide bonds. The summed E-state index contributed by atoms with van der Waals surface area (Å²) in [5, 5.41) is 3.58. The zero-order chi connectivity index (χ0) is 16.1. The average molecular weight is 316 g/mol. The van der Waals surface area contributed by atoms with Crippen molar-refractivity contribution in [2.24, 2.45) is 11.7 Å². The standard InChI is InChI=1S/C20H32N2O/c1-2-3-12-20(18-15-22-13-11-19(18)21)17(10-7-14-23-20)16-8-5-4-6-9-16/h4-6,8-9,17-19,22H,2-3,7,10-15,21H2,1H3. The molecule has 2 aliphatic heterocycles. The van der Waals surface area contributed by atoms with Crippen LogP contribution in [0, 0.1) is 5.92 Å². The van der Waals surface area contributed by atoms with Gasteiger partial charge in [-0.1, -0.05) is 50.1 Å². The second-order valence-corrected chi connectivity index (χ2v) is 7.28. The molecule has 2 fully saturated rings. The summed E-state index contributed by atoms with van der Waals surface area (Å²) in [6, 6.07) is 11.2. The molecule has 0 spiro atoms. The molecule has 3 rings (SSSR count). The highest BCUT2D eigenvalue weighted by molar-refractivity contribution is 5.25. The Morgan fingerprint density at radius 3 is 2.83 bits per heavy atom. The summed E-state index contributed by atoms with van der Waals surface area (Å²) in [5.74, 6) is 0.883. The second kappa shape index (κ2) is 7.78. The molecule has 3 nitrogen and oxygen atoms in total. The van der Waals surface area contributed by atoms with Gasteiger partial charge in [0.1, 0.15) is 0 Å². The van der Waals surface area contributed by atoms with Crippen molar-refractivity contribution in [2.75, 3.05) is 19.7 Å². The molecule has 0 aromatic heterocycles. The molecule has 1 aromatic rings. The van der Waals surface area contributed by atoms with Gasteiger partial charge < -0.3 is 15.8 Å². The number of nitrogens with one attached hydrogen (secondary N) is 1. The van der Waals surface area contributed by atoms with Gasteiger partial charge in [-0.25, -0.2) is 0 Å². The lowest BCUT2D eigenvalue weighted by Crippen LogP contribution is -2.60. The highest BCUT2D eigenvalue weighted by Crippen LogP contribution is 2.48. The number of nitrogens with two attached hydrogens (primary N) is 1. The number of hydrogen-bond acceptors (Lipinski definition) is 3. The lowest BCUT2D eigenvalue weighted by atomic mass is 9.64. The van der Waals surface area contributed by atoms with Gasteiger partial charge in [-0.2, -0.15) is 0 Å². The Bertz CT molecular complexity index is 478. The van der Waals surface area contributed by atoms with Crippen LogP contribution in [0.15, 0.2) is 30.3 Å². The number of benzene rings is 1. The molecule has 3 N–H and O–H groups in total. The predicted octanol–water partition coefficient (Wildman–Crippen LogP) is 3.45. The fourth-order valence-electron chi connectivity index (χ4n) is 4.69. The monoisotopic (exact) mass is 316 g/mol. The normalized spacial score (nSPS) is 35.1. The van der Waals surface area contributed by atoms with Gasteiger partial charge in [0.25, 0.3) is 0 Å². The van der Waals surface area contributed by atoms with Crippen molar-refractivity contribution >= 4 is 0 Å². The zero-order valence-electron chi connectivity index (χ0n) is 14.5. The van der Waals surface area contributed by atoms with Crippen LogP contribution in [-0.4, -0.2) is 31.3 Å². The number of hydrogen-bond donors (Lipinski definition) is 2. The minimum atomic E-state index is -0.0948. The molecule has 2 aliphatic rings. The Morgan fingerprint density at radius 2 is 2.09 bits per heavy atom. The van der Waals surface area contributed by atoms with Gasteiger partial charge >= 0.3 is 0 Å². The van der Waals surface area contributed by atoms with E-state index in [0.717, 1.165) is 39.0 Å². The Hall–Kier alpha value is -0.900. The molecular formula is C20H32N2O. The van der Waals surface area contributed by atoms with E-state index in [0.29, 0.717) is 11.8 Å². The summed E-state index contributed by atoms with van der Waals surface area (Å²) in [6.07, 6.45) is 6.99. The molecule has 3 heteroatoms. The summed E-state index contributed by atoms with van der Waals surface area (Å²) in [4.78, 5) is 0. The first-order chi connectivity index (χ1) is 11.3. The van der Waals surface area contributed by atoms with Crippen LogP contribution >= 0.6 is 0 Å². The van der Waals surface area contributed by atoms with E-state index in [4.69, 9.17) is 10.5 Å². The Morgan fingerprint density at radius 1 is 1.26 bits per heavy atom. The fraction of sp³-hybridized carbons (Fsp3) is 0.700. The van der Waals surface area contributed by atoms with Crippen molar-refractivity contribution in [3.63, 3.8) is 0 Å². The van der Waals surface area contributed by atoms with Crippen LogP contribution in [0.1, 0.15) is 56.9 Å². The molecule has 4 unspecified atom stereocenters. The molecule has 0 radical (unpaired) electrons. The van der Waals surface area contributed by atoms with Gasteiger partial charge in [-0.05, 0) is 37.8 Å². The van der Waals surface area contributed by atoms with Gasteiger partial charge in [-0.3, -0.25) is 0 Å². The van der Waals surface area contributed by atoms with Crippen LogP contribution in [0.2, 0.25) is 0 Å². The highest BCUT2D eigenvalue weighted by Gasteiger charge is 2.50. The minimum absolute atomic E-state index is 0.0948. The van der Waals surface area contributed by atoms with Crippen LogP contribution in [0.4, 0.5) is 0 Å². The fourth-order valence-corrected chi connectivity index (χ4v) is 4.69. The van der Waals surface area contributed by atoms with E-state index in [-0.39, 0.29) is 11.6 Å². The topological polar surface area (TPSA) is 47.3 Å². The van der Waals surface area contributed by atoms with Crippen LogP contribution in [-0.2, 0) is 4.74 Å². The summed E-state index contributed by atoms with van der Waals surface area (Å²) in [6.45, 7) is 5.19. The molecule has 1 aromatic carbocycles. The number of unbranched alkanes of at least 4 members (excludes halogenated alkanes) is 1. The van der Waals surface area contributed by atoms with Gasteiger partial charge in [0, 0.05) is 31.0 Å². The second-order valence-electron chi connectivity index (χ2n) is 7.28. The average Bonchev–Trinajstić information content (AvgIpc) is 2.61. The summed E-state index contributed by atoms with van der Waals surface area (Å²) in [5.41, 5.74) is 7.92. The molecule has 23 heavy (non-hydrogen) atoms. The maximum Gasteiger partial charge on any atom is 0.0805 e. The van der Waals surface area contributed by atoms with Crippen LogP contribution in [0.25, 0.3) is 0 Å². The van der Waals surface area contributed by atoms with Crippen molar-refractivity contribution in [1.29, 1.82) is 0 Å². The molecule has 2 heterocycles. The number of rotatable bonds is 5. The van der Waals surface area contributed by atoms with E-state index in [1.807, 2.05) is 0 Å². The Balaban J connectivity index is 1.96. The number of piperidine rings is 1. The van der Waals surface area contributed by atoms with E-state index in [1.54, 1.807) is 0 Å². The molecule has 2 saturated heterocycles. The molecule has 128 valence electrons. The van der Waals surface area contributed by atoms with Crippen molar-refractivity contribution in [2.45, 2.75) is 63.0 Å². The van der Waals surface area contributed by atoms with Crippen LogP contribution in [0.5, 0.6) is 0 Å². The third kappa shape index (κ3) is 3.47. The van der Waals surface area contributed by atoms with E-state index in [9.17, 15) is 0 Å². The third-order valence-corrected chi connectivity index (χ3v) is 5.88. The SMILES string of the molecule is CCCCC1(C2CNCCC2N)OCCCC1c1ccccc1. The van der Waals surface area contributed by atoms with Crippen molar-refractivity contribution in [1.82, 2.24) is 5.32 Å². The Labute approximate surface area is 141 Å².